The number of carbonyl (C=O) groups is 5. The van der Waals surface area contributed by atoms with Crippen LogP contribution in [0, 0.1) is 17.8 Å². The fraction of sp³-hybridized carbons (Fsp3) is 0.793. The minimum atomic E-state index is -4.14. The number of fused-ring (bicyclic) bond motifs is 15. The number of ether oxygens (including phenoxy) is 5. The van der Waals surface area contributed by atoms with Crippen LogP contribution in [0.2, 0.25) is 0 Å². The number of likely N-dealkylation sites (tertiary alicyclic amines) is 1. The lowest BCUT2D eigenvalue weighted by molar-refractivity contribution is -0.149. The first-order valence-electron chi connectivity index (χ1n) is 46.3. The van der Waals surface area contributed by atoms with Crippen molar-refractivity contribution in [2.75, 3.05) is 51.6 Å². The number of thioether (sulfide) groups is 4. The minimum absolute atomic E-state index is 0.0424. The Kier molecular flexibility index (Phi) is 20.9. The summed E-state index contributed by atoms with van der Waals surface area (Å²) in [5.74, 6) is -0.0172. The summed E-state index contributed by atoms with van der Waals surface area (Å²) < 4.78 is 95.2. The number of carbonyl (C=O) groups excluding carboxylic acids is 5. The molecule has 1 aromatic rings. The SMILES string of the molecule is O=C1C=C2CC(N3CCC(F)(F)C3)[C@@H]3C[C@@]2(O1)[C@H]1CCCCN31.O=C1C=C2CC(SC34CC5CC(CC(C5)C3)C4)[C@@H]3C[C@@]2(O1)[C@H]1CCCCN31.O=C1C=C2CC(SC3CCCCC3)[C@@H]3C[C@@]2(O1)[C@H]1CCCCN31.O=C1C=C2CC(SCC(F)(F)F)[C@@H]3C[C@@]2(O1)[C@H]1CCCCN31.O=C1C=C2CC(SCc3cccs3)[C@@H]3C[C@@]2(O1)[C@H]1CCCCN31. The van der Waals surface area contributed by atoms with Gasteiger partial charge in [-0.15, -0.1) is 34.9 Å². The van der Waals surface area contributed by atoms with Gasteiger partial charge in [-0.05, 0) is 237 Å². The van der Waals surface area contributed by atoms with E-state index in [1.807, 2.05) is 34.5 Å². The molecule has 16 nitrogen and oxygen atoms in total. The minimum Gasteiger partial charge on any atom is -0.450 e. The summed E-state index contributed by atoms with van der Waals surface area (Å²) in [6.45, 7) is 5.85. The van der Waals surface area contributed by atoms with Gasteiger partial charge in [0.25, 0.3) is 5.92 Å². The van der Waals surface area contributed by atoms with E-state index in [9.17, 15) is 45.9 Å². The zero-order chi connectivity index (χ0) is 80.0. The number of halogens is 5. The predicted octanol–water partition coefficient (Wildman–Crippen LogP) is 16.4. The van der Waals surface area contributed by atoms with Crippen molar-refractivity contribution in [3.05, 3.63) is 80.6 Å². The molecule has 0 amide bonds. The molecule has 20 atom stereocenters. The third-order valence-corrected chi connectivity index (χ3v) is 41.7. The Balaban J connectivity index is 0.0000000892. The molecule has 14 bridgehead atoms. The zero-order valence-corrected chi connectivity index (χ0v) is 72.4. The normalized spacial score (nSPS) is 45.3. The van der Waals surface area contributed by atoms with Crippen molar-refractivity contribution >= 4 is 88.2 Å². The predicted molar refractivity (Wildman–Crippen MR) is 449 cm³/mol. The number of nitrogens with zero attached hydrogens (tertiary/aromatic N) is 6. The van der Waals surface area contributed by atoms with Crippen molar-refractivity contribution in [1.29, 1.82) is 0 Å². The van der Waals surface area contributed by atoms with Crippen LogP contribution in [-0.2, 0) is 53.4 Å². The van der Waals surface area contributed by atoms with Crippen LogP contribution in [0.15, 0.2) is 75.8 Å². The highest BCUT2D eigenvalue weighted by Gasteiger charge is 2.71. The summed E-state index contributed by atoms with van der Waals surface area (Å²) in [6.07, 6.45) is 47.7. The summed E-state index contributed by atoms with van der Waals surface area (Å²) >= 11 is 9.56. The van der Waals surface area contributed by atoms with Gasteiger partial charge >= 0.3 is 36.0 Å². The van der Waals surface area contributed by atoms with E-state index in [1.165, 1.54) is 176 Å². The van der Waals surface area contributed by atoms with Crippen molar-refractivity contribution in [1.82, 2.24) is 29.4 Å². The van der Waals surface area contributed by atoms with Crippen molar-refractivity contribution < 1.29 is 69.6 Å². The summed E-state index contributed by atoms with van der Waals surface area (Å²) in [7, 11) is 0. The Bertz CT molecular complexity index is 4260. The number of piperidine rings is 5. The van der Waals surface area contributed by atoms with Gasteiger partial charge in [-0.2, -0.15) is 36.7 Å². The molecule has 642 valence electrons. The Morgan fingerprint density at radius 3 is 1.19 bits per heavy atom. The van der Waals surface area contributed by atoms with Crippen LogP contribution >= 0.6 is 58.4 Å². The molecule has 5 unspecified atom stereocenters. The molecule has 10 aliphatic carbocycles. The van der Waals surface area contributed by atoms with Gasteiger partial charge in [0.15, 0.2) is 28.0 Å². The molecule has 16 aliphatic heterocycles. The van der Waals surface area contributed by atoms with Crippen LogP contribution in [0.5, 0.6) is 0 Å². The first kappa shape index (κ1) is 80.4. The number of esters is 5. The average Bonchev–Trinajstić information content (AvgIpc) is 1.57. The van der Waals surface area contributed by atoms with E-state index in [0.717, 1.165) is 148 Å². The summed E-state index contributed by atoms with van der Waals surface area (Å²) in [5, 5.41) is 4.86. The van der Waals surface area contributed by atoms with Gasteiger partial charge in [-0.3, -0.25) is 29.4 Å². The Labute approximate surface area is 713 Å². The van der Waals surface area contributed by atoms with Crippen LogP contribution in [-0.4, -0.2) is 248 Å². The van der Waals surface area contributed by atoms with Gasteiger partial charge in [0.1, 0.15) is 0 Å². The number of alkyl halides is 5. The first-order valence-corrected chi connectivity index (χ1v) is 51.1. The van der Waals surface area contributed by atoms with E-state index in [0.29, 0.717) is 82.6 Å². The molecule has 27 rings (SSSR count). The Morgan fingerprint density at radius 1 is 0.415 bits per heavy atom. The molecular weight excluding hydrogens is 1600 g/mol. The fourth-order valence-electron chi connectivity index (χ4n) is 30.5. The maximum absolute atomic E-state index is 13.7. The quantitative estimate of drug-likeness (QED) is 0.124. The summed E-state index contributed by atoms with van der Waals surface area (Å²) in [4.78, 5) is 76.5. The second-order valence-corrected chi connectivity index (χ2v) is 47.5. The molecule has 10 saturated carbocycles. The van der Waals surface area contributed by atoms with Crippen LogP contribution in [0.1, 0.15) is 242 Å². The van der Waals surface area contributed by atoms with E-state index < -0.39 is 29.1 Å². The lowest BCUT2D eigenvalue weighted by Crippen LogP contribution is -2.51. The number of hydrogen-bond acceptors (Lipinski definition) is 21. The molecule has 118 heavy (non-hydrogen) atoms. The fourth-order valence-corrected chi connectivity index (χ4v) is 38.0. The van der Waals surface area contributed by atoms with Crippen molar-refractivity contribution in [3.8, 4) is 0 Å². The van der Waals surface area contributed by atoms with Gasteiger partial charge in [-0.1, -0.05) is 57.4 Å². The van der Waals surface area contributed by atoms with Gasteiger partial charge in [-0.25, -0.2) is 32.8 Å². The van der Waals surface area contributed by atoms with E-state index in [1.54, 1.807) is 6.08 Å². The summed E-state index contributed by atoms with van der Waals surface area (Å²) in [6, 6.07) is 8.45. The Morgan fingerprint density at radius 2 is 0.788 bits per heavy atom. The van der Waals surface area contributed by atoms with E-state index >= 15 is 0 Å². The van der Waals surface area contributed by atoms with Crippen LogP contribution in [0.4, 0.5) is 22.0 Å². The largest absolute Gasteiger partial charge is 0.450 e. The summed E-state index contributed by atoms with van der Waals surface area (Å²) in [5.41, 5.74) is 4.28. The number of rotatable bonds is 10. The number of hydrogen-bond donors (Lipinski definition) is 0. The molecule has 26 heteroatoms. The lowest BCUT2D eigenvalue weighted by atomic mass is 9.56. The van der Waals surface area contributed by atoms with E-state index in [4.69, 9.17) is 23.7 Å². The zero-order valence-electron chi connectivity index (χ0n) is 68.3. The highest BCUT2D eigenvalue weighted by Crippen LogP contribution is 2.67. The van der Waals surface area contributed by atoms with Crippen LogP contribution < -0.4 is 0 Å². The second-order valence-electron chi connectivity index (χ2n) is 40.8. The number of thiophene rings is 1. The Hall–Kier alpha value is -3.44. The van der Waals surface area contributed by atoms with Crippen molar-refractivity contribution in [2.45, 2.75) is 381 Å². The van der Waals surface area contributed by atoms with Gasteiger partial charge in [0.2, 0.25) is 0 Å². The molecule has 0 aromatic carbocycles. The van der Waals surface area contributed by atoms with Crippen molar-refractivity contribution in [3.63, 3.8) is 0 Å². The average molecular weight is 1720 g/mol. The standard InChI is InChI=1S/C23H31NO2S.C19H27NO2S.C18H21NO2S2.C17H22F2N2O2.C15H18F3NO2S/c25-21-9-17-8-19(18-13-23(17,26-21)20-3-1-2-4-24(18)20)27-22-10-14-5-15(11-22)7-16(6-14)12-22;21-18-11-13-10-16(23-14-6-2-1-3-7-14)15-12-19(13,22-18)17-8-4-5-9-20(15)17;20-17-9-12-8-15(23-11-13-4-3-7-22-13)14-10-18(12,21-17)16-5-1-2-6-19(14)16;18-16(19)4-6-20(10-16)12-7-11-8-15(22)23-17(11)9-13(12)21-5-2-1-3-14(17)21;16-15(17,18)8-22-11-5-9-6-13(20)21-14(9)7-10(11)19-4-2-1-3-12(14)19/h9,14-16,18-20H,1-8,10-13H2;11,14-17H,1-10,12H2;3-4,7,9,14-16H,1-2,5-6,8,10-11H2;8,12-14H,1-7,9-10H2;6,10-12H,1-5,7-8H2/t14?,15?,16?,18-,19?,20+,22?,23-;15-,16?,17+,19-;14-,15?,16+,18-;12?,13-,14+,17-;10-,11?,12+,14-/m00000/s1. The van der Waals surface area contributed by atoms with Gasteiger partial charge in [0, 0.05) is 153 Å². The first-order chi connectivity index (χ1) is 57.0. The third kappa shape index (κ3) is 13.8. The molecule has 21 fully saturated rings. The maximum Gasteiger partial charge on any atom is 0.397 e. The van der Waals surface area contributed by atoms with E-state index in [2.05, 4.69) is 77.3 Å². The lowest BCUT2D eigenvalue weighted by Gasteiger charge is -2.58. The van der Waals surface area contributed by atoms with Crippen molar-refractivity contribution in [2.24, 2.45) is 17.8 Å². The topological polar surface area (TPSA) is 151 Å². The molecule has 0 radical (unpaired) electrons. The van der Waals surface area contributed by atoms with Crippen LogP contribution in [0.3, 0.4) is 0 Å². The smallest absolute Gasteiger partial charge is 0.397 e. The molecule has 26 aliphatic rings. The monoisotopic (exact) mass is 1720 g/mol. The maximum atomic E-state index is 13.7. The van der Waals surface area contributed by atoms with Gasteiger partial charge < -0.3 is 23.7 Å². The van der Waals surface area contributed by atoms with Gasteiger partial charge in [0.05, 0.1) is 42.5 Å². The highest BCUT2D eigenvalue weighted by atomic mass is 32.2. The molecule has 1 aromatic heterocycles. The highest BCUT2D eigenvalue weighted by molar-refractivity contribution is 8.01. The third-order valence-electron chi connectivity index (χ3n) is 34.4. The van der Waals surface area contributed by atoms with Crippen LogP contribution in [0.25, 0.3) is 0 Å². The second kappa shape index (κ2) is 30.7. The molecule has 5 spiro atoms. The molecule has 0 N–H and O–H groups in total. The van der Waals surface area contributed by atoms with E-state index in [-0.39, 0.29) is 95.1 Å². The molecule has 17 heterocycles. The molecular formula is C92H119F5N6O10S5. The molecule has 11 saturated heterocycles.